The standard InChI is InChI=1S/C13H20N4/c1-2-7-16-8-6-15-13(16)17-9-11-4-3-5-14-12(11)10-17/h2,6,8,11-12,14H,1,3-5,7,9-10H2/t11-,12+/m0/s1. The molecule has 0 aromatic carbocycles. The number of imidazole rings is 1. The van der Waals surface area contributed by atoms with Crippen LogP contribution >= 0.6 is 0 Å². The lowest BCUT2D eigenvalue weighted by Crippen LogP contribution is -2.40. The van der Waals surface area contributed by atoms with Gasteiger partial charge in [-0.2, -0.15) is 0 Å². The number of nitrogens with one attached hydrogen (secondary N) is 1. The molecule has 0 unspecified atom stereocenters. The van der Waals surface area contributed by atoms with Crippen LogP contribution in [0.3, 0.4) is 0 Å². The zero-order chi connectivity index (χ0) is 11.7. The van der Waals surface area contributed by atoms with Gasteiger partial charge in [0.05, 0.1) is 0 Å². The Bertz CT molecular complexity index is 384. The number of nitrogens with zero attached hydrogens (tertiary/aromatic N) is 3. The van der Waals surface area contributed by atoms with Crippen LogP contribution in [0.1, 0.15) is 12.8 Å². The van der Waals surface area contributed by atoms with Crippen molar-refractivity contribution in [1.29, 1.82) is 0 Å². The summed E-state index contributed by atoms with van der Waals surface area (Å²) in [7, 11) is 0. The zero-order valence-corrected chi connectivity index (χ0v) is 10.2. The van der Waals surface area contributed by atoms with Crippen LogP contribution in [-0.2, 0) is 6.54 Å². The highest BCUT2D eigenvalue weighted by molar-refractivity contribution is 5.35. The van der Waals surface area contributed by atoms with E-state index in [2.05, 4.69) is 26.3 Å². The number of anilines is 1. The summed E-state index contributed by atoms with van der Waals surface area (Å²) >= 11 is 0. The van der Waals surface area contributed by atoms with Gasteiger partial charge in [-0.25, -0.2) is 4.98 Å². The van der Waals surface area contributed by atoms with Crippen molar-refractivity contribution in [3.05, 3.63) is 25.0 Å². The molecule has 17 heavy (non-hydrogen) atoms. The predicted molar refractivity (Wildman–Crippen MR) is 69.2 cm³/mol. The van der Waals surface area contributed by atoms with Crippen molar-refractivity contribution >= 4 is 5.95 Å². The third-order valence-corrected chi connectivity index (χ3v) is 3.90. The topological polar surface area (TPSA) is 33.1 Å². The maximum atomic E-state index is 4.49. The molecular weight excluding hydrogens is 212 g/mol. The van der Waals surface area contributed by atoms with E-state index in [9.17, 15) is 0 Å². The first kappa shape index (κ1) is 10.8. The van der Waals surface area contributed by atoms with Gasteiger partial charge in [0.1, 0.15) is 0 Å². The van der Waals surface area contributed by atoms with Gasteiger partial charge < -0.3 is 14.8 Å². The van der Waals surface area contributed by atoms with E-state index >= 15 is 0 Å². The smallest absolute Gasteiger partial charge is 0.205 e. The van der Waals surface area contributed by atoms with Crippen LogP contribution in [0.25, 0.3) is 0 Å². The number of allylic oxidation sites excluding steroid dienone is 1. The number of hydrogen-bond acceptors (Lipinski definition) is 3. The number of hydrogen-bond donors (Lipinski definition) is 1. The molecule has 2 saturated heterocycles. The van der Waals surface area contributed by atoms with Crippen molar-refractivity contribution in [2.75, 3.05) is 24.5 Å². The second-order valence-corrected chi connectivity index (χ2v) is 5.04. The summed E-state index contributed by atoms with van der Waals surface area (Å²) in [6, 6.07) is 0.664. The summed E-state index contributed by atoms with van der Waals surface area (Å²) < 4.78 is 2.17. The molecule has 0 bridgehead atoms. The van der Waals surface area contributed by atoms with Gasteiger partial charge in [0.15, 0.2) is 0 Å². The molecule has 2 aliphatic heterocycles. The van der Waals surface area contributed by atoms with Crippen LogP contribution in [0.15, 0.2) is 25.0 Å². The Balaban J connectivity index is 1.76. The number of piperidine rings is 1. The second kappa shape index (κ2) is 4.53. The molecule has 3 rings (SSSR count). The largest absolute Gasteiger partial charge is 0.340 e. The Hall–Kier alpha value is -1.29. The van der Waals surface area contributed by atoms with E-state index in [4.69, 9.17) is 0 Å². The molecule has 2 atom stereocenters. The fourth-order valence-electron chi connectivity index (χ4n) is 3.08. The maximum Gasteiger partial charge on any atom is 0.205 e. The molecule has 4 heteroatoms. The minimum absolute atomic E-state index is 0.664. The summed E-state index contributed by atoms with van der Waals surface area (Å²) in [6.45, 7) is 8.06. The molecule has 0 saturated carbocycles. The Labute approximate surface area is 102 Å². The van der Waals surface area contributed by atoms with E-state index in [0.717, 1.165) is 31.5 Å². The van der Waals surface area contributed by atoms with Gasteiger partial charge in [0.25, 0.3) is 0 Å². The van der Waals surface area contributed by atoms with Crippen LogP contribution in [0, 0.1) is 5.92 Å². The summed E-state index contributed by atoms with van der Waals surface area (Å²) in [4.78, 5) is 6.90. The molecule has 0 amide bonds. The normalized spacial score (nSPS) is 28.1. The van der Waals surface area contributed by atoms with Gasteiger partial charge in [-0.15, -0.1) is 6.58 Å². The van der Waals surface area contributed by atoms with Crippen molar-refractivity contribution in [2.45, 2.75) is 25.4 Å². The first-order chi connectivity index (χ1) is 8.38. The van der Waals surface area contributed by atoms with Gasteiger partial charge in [-0.05, 0) is 25.3 Å². The Morgan fingerprint density at radius 3 is 3.29 bits per heavy atom. The third kappa shape index (κ3) is 1.97. The number of aromatic nitrogens is 2. The number of rotatable bonds is 3. The van der Waals surface area contributed by atoms with Gasteiger partial charge >= 0.3 is 0 Å². The SMILES string of the molecule is C=CCn1ccnc1N1C[C@@H]2CCCN[C@@H]2C1. The van der Waals surface area contributed by atoms with Crippen molar-refractivity contribution in [3.8, 4) is 0 Å². The van der Waals surface area contributed by atoms with Crippen molar-refractivity contribution in [3.63, 3.8) is 0 Å². The quantitative estimate of drug-likeness (QED) is 0.796. The maximum absolute atomic E-state index is 4.49. The minimum atomic E-state index is 0.664. The van der Waals surface area contributed by atoms with E-state index in [1.807, 2.05) is 18.5 Å². The van der Waals surface area contributed by atoms with Crippen LogP contribution in [0.4, 0.5) is 5.95 Å². The van der Waals surface area contributed by atoms with Crippen LogP contribution in [0.5, 0.6) is 0 Å². The van der Waals surface area contributed by atoms with Crippen molar-refractivity contribution in [1.82, 2.24) is 14.9 Å². The molecule has 0 aliphatic carbocycles. The molecule has 1 N–H and O–H groups in total. The van der Waals surface area contributed by atoms with Crippen molar-refractivity contribution < 1.29 is 0 Å². The highest BCUT2D eigenvalue weighted by Gasteiger charge is 2.35. The van der Waals surface area contributed by atoms with Gasteiger partial charge in [0.2, 0.25) is 5.95 Å². The molecule has 1 aromatic rings. The lowest BCUT2D eigenvalue weighted by molar-refractivity contribution is 0.340. The lowest BCUT2D eigenvalue weighted by atomic mass is 9.94. The van der Waals surface area contributed by atoms with Crippen LogP contribution in [-0.4, -0.2) is 35.2 Å². The van der Waals surface area contributed by atoms with Gasteiger partial charge in [-0.3, -0.25) is 0 Å². The summed E-state index contributed by atoms with van der Waals surface area (Å²) in [5.41, 5.74) is 0. The van der Waals surface area contributed by atoms with Gasteiger partial charge in [-0.1, -0.05) is 6.08 Å². The molecule has 92 valence electrons. The molecule has 0 spiro atoms. The van der Waals surface area contributed by atoms with E-state index in [-0.39, 0.29) is 0 Å². The Kier molecular flexibility index (Phi) is 2.89. The molecule has 2 fully saturated rings. The third-order valence-electron chi connectivity index (χ3n) is 3.90. The fraction of sp³-hybridized carbons (Fsp3) is 0.615. The van der Waals surface area contributed by atoms with E-state index in [1.165, 1.54) is 19.4 Å². The average Bonchev–Trinajstić information content (AvgIpc) is 2.94. The Morgan fingerprint density at radius 1 is 1.53 bits per heavy atom. The molecule has 0 radical (unpaired) electrons. The van der Waals surface area contributed by atoms with Crippen molar-refractivity contribution in [2.24, 2.45) is 5.92 Å². The van der Waals surface area contributed by atoms with E-state index in [1.54, 1.807) is 0 Å². The van der Waals surface area contributed by atoms with Crippen LogP contribution in [0.2, 0.25) is 0 Å². The summed E-state index contributed by atoms with van der Waals surface area (Å²) in [5.74, 6) is 1.90. The van der Waals surface area contributed by atoms with Gasteiger partial charge in [0, 0.05) is 38.1 Å². The first-order valence-electron chi connectivity index (χ1n) is 6.49. The molecule has 1 aromatic heterocycles. The minimum Gasteiger partial charge on any atom is -0.340 e. The average molecular weight is 232 g/mol. The highest BCUT2D eigenvalue weighted by Crippen LogP contribution is 2.28. The Morgan fingerprint density at radius 2 is 2.47 bits per heavy atom. The molecular formula is C13H20N4. The highest BCUT2D eigenvalue weighted by atomic mass is 15.3. The molecule has 2 aliphatic rings. The summed E-state index contributed by atoms with van der Waals surface area (Å²) in [6.07, 6.45) is 8.51. The zero-order valence-electron chi connectivity index (χ0n) is 10.2. The molecule has 3 heterocycles. The van der Waals surface area contributed by atoms with E-state index < -0.39 is 0 Å². The lowest BCUT2D eigenvalue weighted by Gasteiger charge is -2.24. The first-order valence-corrected chi connectivity index (χ1v) is 6.49. The second-order valence-electron chi connectivity index (χ2n) is 5.04. The predicted octanol–water partition coefficient (Wildman–Crippen LogP) is 1.26. The van der Waals surface area contributed by atoms with Crippen LogP contribution < -0.4 is 10.2 Å². The number of fused-ring (bicyclic) bond motifs is 1. The monoisotopic (exact) mass is 232 g/mol. The fourth-order valence-corrected chi connectivity index (χ4v) is 3.08. The summed E-state index contributed by atoms with van der Waals surface area (Å²) in [5, 5.41) is 3.63. The molecule has 4 nitrogen and oxygen atoms in total. The van der Waals surface area contributed by atoms with E-state index in [0.29, 0.717) is 6.04 Å².